The summed E-state index contributed by atoms with van der Waals surface area (Å²) >= 11 is 0. The number of aliphatic hydroxyl groups excluding tert-OH is 1. The number of carbonyl (C=O) groups excluding carboxylic acids is 1. The molecule has 0 saturated heterocycles. The summed E-state index contributed by atoms with van der Waals surface area (Å²) < 4.78 is 0. The molecule has 0 aliphatic heterocycles. The maximum Gasteiger partial charge on any atom is 0.226 e. The summed E-state index contributed by atoms with van der Waals surface area (Å²) in [6, 6.07) is 6.25. The number of amides is 1. The maximum absolute atomic E-state index is 12.6. The monoisotopic (exact) mass is 417 g/mol. The van der Waals surface area contributed by atoms with E-state index in [0.29, 0.717) is 18.3 Å². The van der Waals surface area contributed by atoms with Crippen molar-refractivity contribution in [3.8, 4) is 0 Å². The van der Waals surface area contributed by atoms with Crippen molar-refractivity contribution >= 4 is 11.6 Å². The van der Waals surface area contributed by atoms with Gasteiger partial charge in [-0.15, -0.1) is 0 Å². The fourth-order valence-corrected chi connectivity index (χ4v) is 4.07. The normalized spacial score (nSPS) is 12.5. The molecule has 2 N–H and O–H groups in total. The SMILES string of the molecule is CCCCCCCCCCCCC(O)CC(=O)Nc1c(C(C)C)cccc1C(C)C. The fourth-order valence-electron chi connectivity index (χ4n) is 4.07. The largest absolute Gasteiger partial charge is 0.393 e. The number of rotatable bonds is 16. The van der Waals surface area contributed by atoms with Crippen LogP contribution in [0.3, 0.4) is 0 Å². The Balaban J connectivity index is 2.32. The summed E-state index contributed by atoms with van der Waals surface area (Å²) in [5, 5.41) is 13.4. The van der Waals surface area contributed by atoms with Gasteiger partial charge in [0, 0.05) is 5.69 Å². The molecule has 0 heterocycles. The third kappa shape index (κ3) is 10.6. The summed E-state index contributed by atoms with van der Waals surface area (Å²) in [5.74, 6) is 0.607. The van der Waals surface area contributed by atoms with Crippen LogP contribution < -0.4 is 5.32 Å². The number of para-hydroxylation sites is 1. The Bertz CT molecular complexity index is 568. The van der Waals surface area contributed by atoms with Gasteiger partial charge in [-0.2, -0.15) is 0 Å². The van der Waals surface area contributed by atoms with Gasteiger partial charge in [0.2, 0.25) is 5.91 Å². The highest BCUT2D eigenvalue weighted by Crippen LogP contribution is 2.32. The fraction of sp³-hybridized carbons (Fsp3) is 0.741. The zero-order valence-corrected chi connectivity index (χ0v) is 20.3. The number of carbonyl (C=O) groups is 1. The highest BCUT2D eigenvalue weighted by Gasteiger charge is 2.17. The van der Waals surface area contributed by atoms with E-state index in [2.05, 4.69) is 58.1 Å². The molecule has 0 aliphatic rings. The van der Waals surface area contributed by atoms with Crippen LogP contribution >= 0.6 is 0 Å². The second kappa shape index (κ2) is 15.5. The van der Waals surface area contributed by atoms with Crippen LogP contribution in [0.15, 0.2) is 18.2 Å². The minimum atomic E-state index is -0.548. The third-order valence-electron chi connectivity index (χ3n) is 5.95. The van der Waals surface area contributed by atoms with Gasteiger partial charge in [-0.1, -0.05) is 117 Å². The molecule has 0 bridgehead atoms. The van der Waals surface area contributed by atoms with Crippen LogP contribution in [0.5, 0.6) is 0 Å². The van der Waals surface area contributed by atoms with Gasteiger partial charge >= 0.3 is 0 Å². The van der Waals surface area contributed by atoms with Gasteiger partial charge < -0.3 is 10.4 Å². The predicted octanol–water partition coefficient (Wildman–Crippen LogP) is 7.93. The first-order valence-corrected chi connectivity index (χ1v) is 12.5. The molecule has 1 aromatic carbocycles. The molecular formula is C27H47NO2. The molecule has 1 aromatic rings. The number of benzene rings is 1. The van der Waals surface area contributed by atoms with E-state index < -0.39 is 6.10 Å². The highest BCUT2D eigenvalue weighted by molar-refractivity contribution is 5.93. The van der Waals surface area contributed by atoms with Crippen LogP contribution in [-0.2, 0) is 4.79 Å². The van der Waals surface area contributed by atoms with E-state index in [9.17, 15) is 9.90 Å². The van der Waals surface area contributed by atoms with Crippen LogP contribution in [0.1, 0.15) is 135 Å². The summed E-state index contributed by atoms with van der Waals surface area (Å²) in [7, 11) is 0. The van der Waals surface area contributed by atoms with Gasteiger partial charge in [0.15, 0.2) is 0 Å². The van der Waals surface area contributed by atoms with Crippen molar-refractivity contribution in [3.05, 3.63) is 29.3 Å². The first-order chi connectivity index (χ1) is 14.4. The topological polar surface area (TPSA) is 49.3 Å². The second-order valence-electron chi connectivity index (χ2n) is 9.50. The minimum absolute atomic E-state index is 0.0791. The second-order valence-corrected chi connectivity index (χ2v) is 9.50. The Hall–Kier alpha value is -1.35. The Labute approximate surface area is 186 Å². The molecule has 30 heavy (non-hydrogen) atoms. The van der Waals surface area contributed by atoms with E-state index in [4.69, 9.17) is 0 Å². The predicted molar refractivity (Wildman–Crippen MR) is 130 cm³/mol. The lowest BCUT2D eigenvalue weighted by molar-refractivity contribution is -0.118. The zero-order chi connectivity index (χ0) is 22.4. The van der Waals surface area contributed by atoms with Crippen molar-refractivity contribution in [1.82, 2.24) is 0 Å². The van der Waals surface area contributed by atoms with Crippen molar-refractivity contribution in [3.63, 3.8) is 0 Å². The van der Waals surface area contributed by atoms with E-state index in [1.165, 1.54) is 62.5 Å². The highest BCUT2D eigenvalue weighted by atomic mass is 16.3. The van der Waals surface area contributed by atoms with Gasteiger partial charge in [-0.3, -0.25) is 4.79 Å². The van der Waals surface area contributed by atoms with Gasteiger partial charge in [-0.25, -0.2) is 0 Å². The summed E-state index contributed by atoms with van der Waals surface area (Å²) in [6.07, 6.45) is 13.2. The molecule has 3 heteroatoms. The van der Waals surface area contributed by atoms with Crippen molar-refractivity contribution < 1.29 is 9.90 Å². The van der Waals surface area contributed by atoms with E-state index in [-0.39, 0.29) is 12.3 Å². The lowest BCUT2D eigenvalue weighted by Crippen LogP contribution is -2.21. The molecule has 1 amide bonds. The van der Waals surface area contributed by atoms with Crippen molar-refractivity contribution in [1.29, 1.82) is 0 Å². The number of nitrogens with one attached hydrogen (secondary N) is 1. The number of aliphatic hydroxyl groups is 1. The summed E-state index contributed by atoms with van der Waals surface area (Å²) in [6.45, 7) is 10.8. The number of unbranched alkanes of at least 4 members (excludes halogenated alkanes) is 9. The summed E-state index contributed by atoms with van der Waals surface area (Å²) in [5.41, 5.74) is 3.27. The van der Waals surface area contributed by atoms with Crippen LogP contribution in [0.25, 0.3) is 0 Å². The molecule has 0 fully saturated rings. The van der Waals surface area contributed by atoms with Gasteiger partial charge in [-0.05, 0) is 29.4 Å². The molecule has 1 atom stereocenters. The van der Waals surface area contributed by atoms with Crippen LogP contribution in [0.2, 0.25) is 0 Å². The smallest absolute Gasteiger partial charge is 0.226 e. The molecule has 0 spiro atoms. The number of hydrogen-bond acceptors (Lipinski definition) is 2. The Morgan fingerprint density at radius 2 is 1.30 bits per heavy atom. The van der Waals surface area contributed by atoms with Crippen molar-refractivity contribution in [2.75, 3.05) is 5.32 Å². The molecule has 1 rings (SSSR count). The van der Waals surface area contributed by atoms with E-state index in [1.54, 1.807) is 0 Å². The van der Waals surface area contributed by atoms with Gasteiger partial charge in [0.05, 0.1) is 12.5 Å². The maximum atomic E-state index is 12.6. The molecule has 0 radical (unpaired) electrons. The summed E-state index contributed by atoms with van der Waals surface area (Å²) in [4.78, 5) is 12.6. The quantitative estimate of drug-likeness (QED) is 0.268. The molecule has 0 aromatic heterocycles. The molecule has 172 valence electrons. The molecular weight excluding hydrogens is 370 g/mol. The average Bonchev–Trinajstić information content (AvgIpc) is 2.69. The minimum Gasteiger partial charge on any atom is -0.393 e. The number of hydrogen-bond donors (Lipinski definition) is 2. The Morgan fingerprint density at radius 1 is 0.833 bits per heavy atom. The number of anilines is 1. The molecule has 0 saturated carbocycles. The van der Waals surface area contributed by atoms with Crippen LogP contribution in [0.4, 0.5) is 5.69 Å². The van der Waals surface area contributed by atoms with E-state index >= 15 is 0 Å². The van der Waals surface area contributed by atoms with E-state index in [0.717, 1.165) is 18.5 Å². The van der Waals surface area contributed by atoms with Gasteiger partial charge in [0.1, 0.15) is 0 Å². The zero-order valence-electron chi connectivity index (χ0n) is 20.3. The first-order valence-electron chi connectivity index (χ1n) is 12.5. The molecule has 1 unspecified atom stereocenters. The molecule has 0 aliphatic carbocycles. The first kappa shape index (κ1) is 26.7. The lowest BCUT2D eigenvalue weighted by Gasteiger charge is -2.20. The van der Waals surface area contributed by atoms with Crippen molar-refractivity contribution in [2.45, 2.75) is 130 Å². The standard InChI is InChI=1S/C27H47NO2/c1-6-7-8-9-10-11-12-13-14-15-17-23(29)20-26(30)28-27-24(21(2)3)18-16-19-25(27)22(4)5/h16,18-19,21-23,29H,6-15,17,20H2,1-5H3,(H,28,30). The Morgan fingerprint density at radius 3 is 1.77 bits per heavy atom. The van der Waals surface area contributed by atoms with Gasteiger partial charge in [0.25, 0.3) is 0 Å². The third-order valence-corrected chi connectivity index (χ3v) is 5.95. The average molecular weight is 418 g/mol. The van der Waals surface area contributed by atoms with E-state index in [1.807, 2.05) is 0 Å². The van der Waals surface area contributed by atoms with Crippen LogP contribution in [-0.4, -0.2) is 17.1 Å². The van der Waals surface area contributed by atoms with Crippen LogP contribution in [0, 0.1) is 0 Å². The van der Waals surface area contributed by atoms with Crippen molar-refractivity contribution in [2.24, 2.45) is 0 Å². The Kier molecular flexibility index (Phi) is 13.7. The molecule has 3 nitrogen and oxygen atoms in total. The lowest BCUT2D eigenvalue weighted by atomic mass is 9.92.